The highest BCUT2D eigenvalue weighted by atomic mass is 35.5. The van der Waals surface area contributed by atoms with E-state index in [9.17, 15) is 9.18 Å². The number of halogens is 2. The summed E-state index contributed by atoms with van der Waals surface area (Å²) in [4.78, 5) is 17.1. The SMILES string of the molecule is O=C(NCc1ccc2c(c1)OCO2)c1csc(-c2cccc(OCc3c(F)cccc3Cl)c2)n1. The van der Waals surface area contributed by atoms with Crippen molar-refractivity contribution >= 4 is 28.8 Å². The van der Waals surface area contributed by atoms with E-state index >= 15 is 0 Å². The molecule has 1 aliphatic rings. The van der Waals surface area contributed by atoms with Gasteiger partial charge in [-0.25, -0.2) is 9.37 Å². The average Bonchev–Trinajstić information content (AvgIpc) is 3.52. The highest BCUT2D eigenvalue weighted by Crippen LogP contribution is 2.32. The van der Waals surface area contributed by atoms with E-state index in [1.807, 2.05) is 30.3 Å². The summed E-state index contributed by atoms with van der Waals surface area (Å²) in [7, 11) is 0. The van der Waals surface area contributed by atoms with Crippen LogP contribution in [0, 0.1) is 5.82 Å². The number of benzene rings is 3. The van der Waals surface area contributed by atoms with Gasteiger partial charge in [-0.2, -0.15) is 0 Å². The van der Waals surface area contributed by atoms with Crippen LogP contribution in [0.3, 0.4) is 0 Å². The number of rotatable bonds is 7. The number of hydrogen-bond acceptors (Lipinski definition) is 6. The number of nitrogens with one attached hydrogen (secondary N) is 1. The van der Waals surface area contributed by atoms with E-state index in [1.54, 1.807) is 29.6 Å². The number of amides is 1. The molecule has 4 aromatic rings. The summed E-state index contributed by atoms with van der Waals surface area (Å²) in [5.41, 5.74) is 2.31. The van der Waals surface area contributed by atoms with Gasteiger partial charge in [0.15, 0.2) is 11.5 Å². The molecule has 0 unspecified atom stereocenters. The molecule has 0 spiro atoms. The lowest BCUT2D eigenvalue weighted by molar-refractivity contribution is 0.0946. The zero-order valence-corrected chi connectivity index (χ0v) is 19.3. The van der Waals surface area contributed by atoms with Gasteiger partial charge in [0.1, 0.15) is 28.9 Å². The second-order valence-electron chi connectivity index (χ2n) is 7.42. The van der Waals surface area contributed by atoms with Gasteiger partial charge in [0.2, 0.25) is 6.79 Å². The van der Waals surface area contributed by atoms with Gasteiger partial charge in [0.25, 0.3) is 5.91 Å². The van der Waals surface area contributed by atoms with Crippen molar-refractivity contribution in [2.24, 2.45) is 0 Å². The lowest BCUT2D eigenvalue weighted by atomic mass is 10.2. The third kappa shape index (κ3) is 4.83. The van der Waals surface area contributed by atoms with Crippen LogP contribution in [0.1, 0.15) is 21.6 Å². The summed E-state index contributed by atoms with van der Waals surface area (Å²) in [6.07, 6.45) is 0. The van der Waals surface area contributed by atoms with Crippen LogP contribution in [0.15, 0.2) is 66.0 Å². The van der Waals surface area contributed by atoms with Crippen molar-refractivity contribution in [1.82, 2.24) is 10.3 Å². The fraction of sp³-hybridized carbons (Fsp3) is 0.120. The normalized spacial score (nSPS) is 11.9. The summed E-state index contributed by atoms with van der Waals surface area (Å²) < 4.78 is 30.4. The first-order valence-corrected chi connectivity index (χ1v) is 11.6. The van der Waals surface area contributed by atoms with Crippen LogP contribution in [0.4, 0.5) is 4.39 Å². The number of hydrogen-bond donors (Lipinski definition) is 1. The Balaban J connectivity index is 1.23. The molecule has 34 heavy (non-hydrogen) atoms. The summed E-state index contributed by atoms with van der Waals surface area (Å²) in [6, 6.07) is 17.3. The van der Waals surface area contributed by atoms with Crippen molar-refractivity contribution in [3.05, 3.63) is 93.7 Å². The minimum absolute atomic E-state index is 0.000341. The van der Waals surface area contributed by atoms with Gasteiger partial charge in [-0.15, -0.1) is 11.3 Å². The Labute approximate surface area is 203 Å². The topological polar surface area (TPSA) is 69.7 Å². The molecule has 0 radical (unpaired) electrons. The minimum atomic E-state index is -0.417. The van der Waals surface area contributed by atoms with Crippen molar-refractivity contribution in [3.63, 3.8) is 0 Å². The molecule has 5 rings (SSSR count). The minimum Gasteiger partial charge on any atom is -0.489 e. The lowest BCUT2D eigenvalue weighted by Gasteiger charge is -2.09. The maximum absolute atomic E-state index is 14.0. The molecule has 0 bridgehead atoms. The van der Waals surface area contributed by atoms with Gasteiger partial charge in [-0.05, 0) is 42.0 Å². The zero-order chi connectivity index (χ0) is 23.5. The maximum Gasteiger partial charge on any atom is 0.271 e. The summed E-state index contributed by atoms with van der Waals surface area (Å²) >= 11 is 7.42. The quantitative estimate of drug-likeness (QED) is 0.348. The van der Waals surface area contributed by atoms with Gasteiger partial charge in [0.05, 0.1) is 5.02 Å². The molecule has 1 amide bonds. The number of nitrogens with zero attached hydrogens (tertiary/aromatic N) is 1. The van der Waals surface area contributed by atoms with Gasteiger partial charge in [0, 0.05) is 23.1 Å². The largest absolute Gasteiger partial charge is 0.489 e. The number of aromatic nitrogens is 1. The first-order valence-electron chi connectivity index (χ1n) is 10.4. The van der Waals surface area contributed by atoms with Crippen LogP contribution < -0.4 is 19.5 Å². The average molecular weight is 497 g/mol. The first-order chi connectivity index (χ1) is 16.6. The maximum atomic E-state index is 14.0. The van der Waals surface area contributed by atoms with E-state index in [4.69, 9.17) is 25.8 Å². The van der Waals surface area contributed by atoms with Crippen molar-refractivity contribution < 1.29 is 23.4 Å². The molecule has 1 aliphatic heterocycles. The third-order valence-electron chi connectivity index (χ3n) is 5.15. The predicted octanol–water partition coefficient (Wildman–Crippen LogP) is 5.84. The van der Waals surface area contributed by atoms with Gasteiger partial charge in [-0.1, -0.05) is 35.9 Å². The number of carbonyl (C=O) groups excluding carboxylic acids is 1. The number of carbonyl (C=O) groups is 1. The van der Waals surface area contributed by atoms with Crippen molar-refractivity contribution in [2.75, 3.05) is 6.79 Å². The molecule has 6 nitrogen and oxygen atoms in total. The fourth-order valence-corrected chi connectivity index (χ4v) is 4.39. The molecule has 1 N–H and O–H groups in total. The van der Waals surface area contributed by atoms with E-state index in [2.05, 4.69) is 10.3 Å². The highest BCUT2D eigenvalue weighted by Gasteiger charge is 2.15. The van der Waals surface area contributed by atoms with E-state index in [1.165, 1.54) is 17.4 Å². The molecule has 3 aromatic carbocycles. The highest BCUT2D eigenvalue weighted by molar-refractivity contribution is 7.13. The molecule has 0 fully saturated rings. The van der Waals surface area contributed by atoms with E-state index in [0.717, 1.165) is 11.1 Å². The Bertz CT molecular complexity index is 1340. The Morgan fingerprint density at radius 2 is 1.97 bits per heavy atom. The standard InChI is InChI=1S/C25H18ClFN2O4S/c26-19-5-2-6-20(27)18(19)12-31-17-4-1-3-16(10-17)25-29-21(13-34-25)24(30)28-11-15-7-8-22-23(9-15)33-14-32-22/h1-10,13H,11-12,14H2,(H,28,30). The summed E-state index contributed by atoms with van der Waals surface area (Å²) in [5, 5.41) is 5.55. The zero-order valence-electron chi connectivity index (χ0n) is 17.7. The van der Waals surface area contributed by atoms with Crippen LogP contribution in [-0.4, -0.2) is 17.7 Å². The van der Waals surface area contributed by atoms with Crippen molar-refractivity contribution in [2.45, 2.75) is 13.2 Å². The number of ether oxygens (including phenoxy) is 3. The summed E-state index contributed by atoms with van der Waals surface area (Å²) in [6.45, 7) is 0.542. The van der Waals surface area contributed by atoms with Gasteiger partial charge >= 0.3 is 0 Å². The fourth-order valence-electron chi connectivity index (χ4n) is 3.38. The molecule has 1 aromatic heterocycles. The second kappa shape index (κ2) is 9.70. The molecular formula is C25H18ClFN2O4S. The van der Waals surface area contributed by atoms with Crippen LogP contribution >= 0.6 is 22.9 Å². The van der Waals surface area contributed by atoms with E-state index < -0.39 is 5.82 Å². The molecule has 2 heterocycles. The van der Waals surface area contributed by atoms with Crippen LogP contribution in [0.25, 0.3) is 10.6 Å². The van der Waals surface area contributed by atoms with Crippen molar-refractivity contribution in [1.29, 1.82) is 0 Å². The molecule has 172 valence electrons. The molecule has 9 heteroatoms. The first kappa shape index (κ1) is 22.2. The monoisotopic (exact) mass is 496 g/mol. The smallest absolute Gasteiger partial charge is 0.271 e. The van der Waals surface area contributed by atoms with Crippen LogP contribution in [0.2, 0.25) is 5.02 Å². The van der Waals surface area contributed by atoms with Crippen LogP contribution in [-0.2, 0) is 13.2 Å². The molecule has 0 aliphatic carbocycles. The molecule has 0 atom stereocenters. The lowest BCUT2D eigenvalue weighted by Crippen LogP contribution is -2.23. The van der Waals surface area contributed by atoms with Crippen LogP contribution in [0.5, 0.6) is 17.2 Å². The predicted molar refractivity (Wildman–Crippen MR) is 127 cm³/mol. The molecular weight excluding hydrogens is 479 g/mol. The Kier molecular flexibility index (Phi) is 6.33. The van der Waals surface area contributed by atoms with Gasteiger partial charge < -0.3 is 19.5 Å². The van der Waals surface area contributed by atoms with E-state index in [0.29, 0.717) is 45.1 Å². The van der Waals surface area contributed by atoms with Gasteiger partial charge in [-0.3, -0.25) is 4.79 Å². The number of fused-ring (bicyclic) bond motifs is 1. The Hall–Kier alpha value is -3.62. The Morgan fingerprint density at radius 1 is 1.12 bits per heavy atom. The molecule has 0 saturated carbocycles. The van der Waals surface area contributed by atoms with Crippen molar-refractivity contribution in [3.8, 4) is 27.8 Å². The third-order valence-corrected chi connectivity index (χ3v) is 6.40. The van der Waals surface area contributed by atoms with E-state index in [-0.39, 0.29) is 19.3 Å². The Morgan fingerprint density at radius 3 is 2.85 bits per heavy atom. The summed E-state index contributed by atoms with van der Waals surface area (Å²) in [5.74, 6) is 1.21. The second-order valence-corrected chi connectivity index (χ2v) is 8.69. The number of thiazole rings is 1. The molecule has 0 saturated heterocycles.